The first-order valence-electron chi connectivity index (χ1n) is 9.74. The highest BCUT2D eigenvalue weighted by Gasteiger charge is 2.21. The highest BCUT2D eigenvalue weighted by Crippen LogP contribution is 2.30. The number of ether oxygens (including phenoxy) is 1. The van der Waals surface area contributed by atoms with Crippen LogP contribution in [0.3, 0.4) is 0 Å². The van der Waals surface area contributed by atoms with Crippen molar-refractivity contribution in [3.8, 4) is 17.0 Å². The number of benzene rings is 2. The number of halogens is 1. The molecule has 0 bridgehead atoms. The number of nitrogens with zero attached hydrogens (tertiary/aromatic N) is 3. The van der Waals surface area contributed by atoms with Gasteiger partial charge in [-0.05, 0) is 24.3 Å². The molecule has 156 valence electrons. The van der Waals surface area contributed by atoms with Gasteiger partial charge in [0.15, 0.2) is 5.13 Å². The SMILES string of the molecule is COc1cccc(-c2csc(N3CCN(CC(=O)Nc4ccccc4Cl)CC3)n2)c1. The van der Waals surface area contributed by atoms with Crippen molar-refractivity contribution < 1.29 is 9.53 Å². The molecular weight excluding hydrogens is 420 g/mol. The fourth-order valence-corrected chi connectivity index (χ4v) is 4.45. The van der Waals surface area contributed by atoms with E-state index in [0.717, 1.165) is 48.3 Å². The molecule has 2 heterocycles. The van der Waals surface area contributed by atoms with Gasteiger partial charge in [-0.2, -0.15) is 0 Å². The molecule has 6 nitrogen and oxygen atoms in total. The zero-order chi connectivity index (χ0) is 20.9. The maximum absolute atomic E-state index is 12.4. The van der Waals surface area contributed by atoms with E-state index in [1.807, 2.05) is 36.4 Å². The first kappa shape index (κ1) is 20.7. The molecular formula is C22H23ClN4O2S. The molecule has 2 aromatic carbocycles. The quantitative estimate of drug-likeness (QED) is 0.619. The van der Waals surface area contributed by atoms with Crippen molar-refractivity contribution in [1.29, 1.82) is 0 Å². The van der Waals surface area contributed by atoms with Gasteiger partial charge in [-0.25, -0.2) is 4.98 Å². The van der Waals surface area contributed by atoms with Crippen LogP contribution >= 0.6 is 22.9 Å². The number of thiazole rings is 1. The van der Waals surface area contributed by atoms with Gasteiger partial charge in [-0.15, -0.1) is 11.3 Å². The Balaban J connectivity index is 1.31. The van der Waals surface area contributed by atoms with Crippen molar-refractivity contribution in [2.45, 2.75) is 0 Å². The van der Waals surface area contributed by atoms with E-state index in [1.165, 1.54) is 0 Å². The minimum atomic E-state index is -0.0499. The molecule has 1 fully saturated rings. The molecule has 0 unspecified atom stereocenters. The maximum atomic E-state index is 12.4. The number of amides is 1. The molecule has 1 amide bonds. The Hall–Kier alpha value is -2.61. The number of para-hydroxylation sites is 1. The number of hydrogen-bond donors (Lipinski definition) is 1. The van der Waals surface area contributed by atoms with E-state index in [2.05, 4.69) is 20.5 Å². The average molecular weight is 443 g/mol. The van der Waals surface area contributed by atoms with Gasteiger partial charge in [0.1, 0.15) is 5.75 Å². The summed E-state index contributed by atoms with van der Waals surface area (Å²) in [6.07, 6.45) is 0. The number of carbonyl (C=O) groups is 1. The summed E-state index contributed by atoms with van der Waals surface area (Å²) < 4.78 is 5.31. The fraction of sp³-hybridized carbons (Fsp3) is 0.273. The molecule has 0 saturated carbocycles. The van der Waals surface area contributed by atoms with Crippen LogP contribution in [-0.4, -0.2) is 55.6 Å². The molecule has 1 aromatic heterocycles. The fourth-order valence-electron chi connectivity index (χ4n) is 3.38. The summed E-state index contributed by atoms with van der Waals surface area (Å²) in [5.74, 6) is 0.775. The third-order valence-electron chi connectivity index (χ3n) is 5.02. The number of methoxy groups -OCH3 is 1. The molecule has 0 spiro atoms. The van der Waals surface area contributed by atoms with Crippen molar-refractivity contribution in [2.24, 2.45) is 0 Å². The number of piperazine rings is 1. The normalized spacial score (nSPS) is 14.5. The van der Waals surface area contributed by atoms with Gasteiger partial charge in [0, 0.05) is 37.1 Å². The minimum absolute atomic E-state index is 0.0499. The predicted molar refractivity (Wildman–Crippen MR) is 123 cm³/mol. The highest BCUT2D eigenvalue weighted by atomic mass is 35.5. The summed E-state index contributed by atoms with van der Waals surface area (Å²) in [5, 5.41) is 6.52. The van der Waals surface area contributed by atoms with Gasteiger partial charge < -0.3 is 15.0 Å². The number of aromatic nitrogens is 1. The van der Waals surface area contributed by atoms with Crippen LogP contribution in [0, 0.1) is 0 Å². The molecule has 3 aromatic rings. The van der Waals surface area contributed by atoms with E-state index in [1.54, 1.807) is 30.6 Å². The number of hydrogen-bond acceptors (Lipinski definition) is 6. The highest BCUT2D eigenvalue weighted by molar-refractivity contribution is 7.14. The zero-order valence-electron chi connectivity index (χ0n) is 16.7. The molecule has 30 heavy (non-hydrogen) atoms. The Kier molecular flexibility index (Phi) is 6.52. The molecule has 0 radical (unpaired) electrons. The standard InChI is InChI=1S/C22H23ClN4O2S/c1-29-17-6-4-5-16(13-17)20-15-30-22(25-20)27-11-9-26(10-12-27)14-21(28)24-19-8-3-2-7-18(19)23/h2-8,13,15H,9-12,14H2,1H3,(H,24,28). The van der Waals surface area contributed by atoms with Gasteiger partial charge >= 0.3 is 0 Å². The van der Waals surface area contributed by atoms with E-state index in [0.29, 0.717) is 17.3 Å². The summed E-state index contributed by atoms with van der Waals surface area (Å²) in [4.78, 5) is 21.6. The van der Waals surface area contributed by atoms with Crippen LogP contribution in [0.4, 0.5) is 10.8 Å². The van der Waals surface area contributed by atoms with Crippen molar-refractivity contribution >= 4 is 39.7 Å². The maximum Gasteiger partial charge on any atom is 0.238 e. The Bertz CT molecular complexity index is 1020. The first-order chi connectivity index (χ1) is 14.6. The van der Waals surface area contributed by atoms with E-state index < -0.39 is 0 Å². The van der Waals surface area contributed by atoms with Crippen LogP contribution in [0.2, 0.25) is 5.02 Å². The molecule has 1 aliphatic rings. The second kappa shape index (κ2) is 9.47. The topological polar surface area (TPSA) is 57.7 Å². The Morgan fingerprint density at radius 1 is 1.17 bits per heavy atom. The summed E-state index contributed by atoms with van der Waals surface area (Å²) >= 11 is 7.76. The molecule has 1 N–H and O–H groups in total. The lowest BCUT2D eigenvalue weighted by atomic mass is 10.2. The van der Waals surface area contributed by atoms with E-state index in [9.17, 15) is 4.79 Å². The second-order valence-electron chi connectivity index (χ2n) is 7.04. The number of nitrogens with one attached hydrogen (secondary N) is 1. The third kappa shape index (κ3) is 4.92. The molecule has 8 heteroatoms. The third-order valence-corrected chi connectivity index (χ3v) is 6.25. The smallest absolute Gasteiger partial charge is 0.238 e. The van der Waals surface area contributed by atoms with Crippen LogP contribution in [0.25, 0.3) is 11.3 Å². The van der Waals surface area contributed by atoms with Crippen LogP contribution < -0.4 is 15.0 Å². The van der Waals surface area contributed by atoms with E-state index in [-0.39, 0.29) is 5.91 Å². The summed E-state index contributed by atoms with van der Waals surface area (Å²) in [5.41, 5.74) is 2.65. The van der Waals surface area contributed by atoms with Crippen molar-refractivity contribution in [1.82, 2.24) is 9.88 Å². The number of carbonyl (C=O) groups excluding carboxylic acids is 1. The first-order valence-corrected chi connectivity index (χ1v) is 11.0. The Labute approximate surface area is 185 Å². The van der Waals surface area contributed by atoms with Gasteiger partial charge in [0.05, 0.1) is 30.1 Å². The molecule has 1 saturated heterocycles. The summed E-state index contributed by atoms with van der Waals surface area (Å²) in [6.45, 7) is 3.65. The van der Waals surface area contributed by atoms with Crippen LogP contribution in [0.1, 0.15) is 0 Å². The molecule has 0 atom stereocenters. The van der Waals surface area contributed by atoms with E-state index >= 15 is 0 Å². The van der Waals surface area contributed by atoms with Gasteiger partial charge in [-0.3, -0.25) is 9.69 Å². The Morgan fingerprint density at radius 2 is 1.97 bits per heavy atom. The van der Waals surface area contributed by atoms with E-state index in [4.69, 9.17) is 21.3 Å². The second-order valence-corrected chi connectivity index (χ2v) is 8.28. The monoisotopic (exact) mass is 442 g/mol. The summed E-state index contributed by atoms with van der Waals surface area (Å²) in [6, 6.07) is 15.2. The lowest BCUT2D eigenvalue weighted by molar-refractivity contribution is -0.117. The molecule has 4 rings (SSSR count). The van der Waals surface area contributed by atoms with Crippen molar-refractivity contribution in [3.05, 3.63) is 58.9 Å². The largest absolute Gasteiger partial charge is 0.497 e. The number of anilines is 2. The van der Waals surface area contributed by atoms with Crippen molar-refractivity contribution in [3.63, 3.8) is 0 Å². The van der Waals surface area contributed by atoms with Gasteiger partial charge in [-0.1, -0.05) is 35.9 Å². The molecule has 0 aliphatic carbocycles. The zero-order valence-corrected chi connectivity index (χ0v) is 18.2. The van der Waals surface area contributed by atoms with Crippen LogP contribution in [-0.2, 0) is 4.79 Å². The predicted octanol–water partition coefficient (Wildman–Crippen LogP) is 4.23. The van der Waals surface area contributed by atoms with Crippen molar-refractivity contribution in [2.75, 3.05) is 50.1 Å². The number of rotatable bonds is 6. The van der Waals surface area contributed by atoms with Gasteiger partial charge in [0.25, 0.3) is 0 Å². The van der Waals surface area contributed by atoms with Crippen LogP contribution in [0.5, 0.6) is 5.75 Å². The molecule has 1 aliphatic heterocycles. The van der Waals surface area contributed by atoms with Crippen LogP contribution in [0.15, 0.2) is 53.9 Å². The Morgan fingerprint density at radius 3 is 2.73 bits per heavy atom. The lowest BCUT2D eigenvalue weighted by Crippen LogP contribution is -2.48. The van der Waals surface area contributed by atoms with Gasteiger partial charge in [0.2, 0.25) is 5.91 Å². The minimum Gasteiger partial charge on any atom is -0.497 e. The lowest BCUT2D eigenvalue weighted by Gasteiger charge is -2.34. The summed E-state index contributed by atoms with van der Waals surface area (Å²) in [7, 11) is 1.67. The average Bonchev–Trinajstić information content (AvgIpc) is 3.26.